The number of furan rings is 1. The lowest BCUT2D eigenvalue weighted by Gasteiger charge is -2.20. The average Bonchev–Trinajstić information content (AvgIpc) is 3.21. The Balaban J connectivity index is 1.53. The topological polar surface area (TPSA) is 97.6 Å². The highest BCUT2D eigenvalue weighted by molar-refractivity contribution is 6.06. The summed E-state index contributed by atoms with van der Waals surface area (Å²) in [6.45, 7) is 1.69. The van der Waals surface area contributed by atoms with Crippen molar-refractivity contribution in [2.24, 2.45) is 0 Å². The molecule has 3 rings (SSSR count). The molecule has 1 atom stereocenters. The Morgan fingerprint density at radius 2 is 2.00 bits per heavy atom. The normalized spacial score (nSPS) is 19.4. The molecule has 7 nitrogen and oxygen atoms in total. The maximum absolute atomic E-state index is 11.8. The van der Waals surface area contributed by atoms with Crippen LogP contribution in [0.25, 0.3) is 6.08 Å². The average molecular weight is 354 g/mol. The molecule has 2 aromatic rings. The second-order valence-corrected chi connectivity index (χ2v) is 6.15. The van der Waals surface area contributed by atoms with Crippen LogP contribution < -0.4 is 15.4 Å². The van der Waals surface area contributed by atoms with Gasteiger partial charge in [-0.2, -0.15) is 0 Å². The Hall–Kier alpha value is -3.35. The van der Waals surface area contributed by atoms with Crippen LogP contribution >= 0.6 is 0 Å². The summed E-state index contributed by atoms with van der Waals surface area (Å²) >= 11 is 0. The second-order valence-electron chi connectivity index (χ2n) is 6.15. The van der Waals surface area contributed by atoms with Gasteiger partial charge in [-0.15, -0.1) is 0 Å². The highest BCUT2D eigenvalue weighted by atomic mass is 16.5. The van der Waals surface area contributed by atoms with Crippen molar-refractivity contribution in [1.82, 2.24) is 10.6 Å². The standard InChI is InChI=1S/C19H18N2O5/c1-19(17(23)20-18(24)21-19)11-10-13-4-6-15(7-5-13)26-16(22)9-8-14-3-2-12-25-14/h2-9,12H,10-11H2,1H3,(H2,20,21,23,24)/b9-8+/t19-/m1/s1. The van der Waals surface area contributed by atoms with Crippen LogP contribution in [-0.4, -0.2) is 23.4 Å². The number of amides is 3. The van der Waals surface area contributed by atoms with E-state index in [2.05, 4.69) is 10.6 Å². The lowest BCUT2D eigenvalue weighted by Crippen LogP contribution is -2.43. The summed E-state index contributed by atoms with van der Waals surface area (Å²) in [6.07, 6.45) is 5.39. The monoisotopic (exact) mass is 354 g/mol. The van der Waals surface area contributed by atoms with Crippen LogP contribution in [-0.2, 0) is 16.0 Å². The number of carbonyl (C=O) groups is 3. The quantitative estimate of drug-likeness (QED) is 0.359. The van der Waals surface area contributed by atoms with E-state index in [9.17, 15) is 14.4 Å². The first-order valence-electron chi connectivity index (χ1n) is 8.10. The fourth-order valence-electron chi connectivity index (χ4n) is 2.56. The van der Waals surface area contributed by atoms with E-state index in [0.717, 1.165) is 5.56 Å². The SMILES string of the molecule is C[C@]1(CCc2ccc(OC(=O)/C=C/c3ccco3)cc2)NC(=O)NC1=O. The molecule has 7 heteroatoms. The Bertz CT molecular complexity index is 839. The van der Waals surface area contributed by atoms with E-state index in [1.54, 1.807) is 31.2 Å². The summed E-state index contributed by atoms with van der Waals surface area (Å²) in [4.78, 5) is 34.8. The maximum Gasteiger partial charge on any atom is 0.336 e. The van der Waals surface area contributed by atoms with Gasteiger partial charge in [0.15, 0.2) is 0 Å². The van der Waals surface area contributed by atoms with Gasteiger partial charge in [0.25, 0.3) is 5.91 Å². The maximum atomic E-state index is 11.8. The smallest absolute Gasteiger partial charge is 0.336 e. The molecule has 134 valence electrons. The van der Waals surface area contributed by atoms with Gasteiger partial charge in [0.1, 0.15) is 17.0 Å². The first kappa shape index (κ1) is 17.5. The first-order valence-corrected chi connectivity index (χ1v) is 8.10. The highest BCUT2D eigenvalue weighted by Gasteiger charge is 2.41. The molecule has 0 bridgehead atoms. The van der Waals surface area contributed by atoms with Crippen LogP contribution in [0.4, 0.5) is 4.79 Å². The summed E-state index contributed by atoms with van der Waals surface area (Å²) in [5.74, 6) is 0.151. The van der Waals surface area contributed by atoms with E-state index >= 15 is 0 Å². The number of urea groups is 1. The molecule has 1 aromatic carbocycles. The molecule has 1 aromatic heterocycles. The number of benzene rings is 1. The molecular formula is C19H18N2O5. The van der Waals surface area contributed by atoms with Crippen LogP contribution in [0.1, 0.15) is 24.7 Å². The molecule has 1 saturated heterocycles. The van der Waals surface area contributed by atoms with E-state index in [1.807, 2.05) is 12.1 Å². The molecule has 0 radical (unpaired) electrons. The van der Waals surface area contributed by atoms with Crippen molar-refractivity contribution < 1.29 is 23.5 Å². The van der Waals surface area contributed by atoms with Crippen LogP contribution in [0, 0.1) is 0 Å². The van der Waals surface area contributed by atoms with Crippen molar-refractivity contribution in [3.05, 3.63) is 60.1 Å². The zero-order valence-electron chi connectivity index (χ0n) is 14.2. The number of esters is 1. The molecule has 0 saturated carbocycles. The number of hydrogen-bond donors (Lipinski definition) is 2. The molecule has 1 aliphatic rings. The molecule has 26 heavy (non-hydrogen) atoms. The lowest BCUT2D eigenvalue weighted by molar-refractivity contribution is -0.129. The van der Waals surface area contributed by atoms with Crippen molar-refractivity contribution in [2.75, 3.05) is 0 Å². The number of aryl methyl sites for hydroxylation is 1. The van der Waals surface area contributed by atoms with Crippen LogP contribution in [0.3, 0.4) is 0 Å². The highest BCUT2D eigenvalue weighted by Crippen LogP contribution is 2.20. The van der Waals surface area contributed by atoms with Gasteiger partial charge in [-0.1, -0.05) is 12.1 Å². The van der Waals surface area contributed by atoms with E-state index < -0.39 is 17.5 Å². The molecule has 3 amide bonds. The van der Waals surface area contributed by atoms with E-state index in [4.69, 9.17) is 9.15 Å². The van der Waals surface area contributed by atoms with Gasteiger partial charge >= 0.3 is 12.0 Å². The number of rotatable bonds is 6. The number of ether oxygens (including phenoxy) is 1. The molecule has 2 N–H and O–H groups in total. The Labute approximate surface area is 150 Å². The minimum atomic E-state index is -0.904. The summed E-state index contributed by atoms with van der Waals surface area (Å²) in [7, 11) is 0. The van der Waals surface area contributed by atoms with Crippen molar-refractivity contribution in [1.29, 1.82) is 0 Å². The fourth-order valence-corrected chi connectivity index (χ4v) is 2.56. The van der Waals surface area contributed by atoms with Crippen LogP contribution in [0.15, 0.2) is 53.2 Å². The molecule has 0 unspecified atom stereocenters. The number of hydrogen-bond acceptors (Lipinski definition) is 5. The third-order valence-corrected chi connectivity index (χ3v) is 4.10. The lowest BCUT2D eigenvalue weighted by atomic mass is 9.93. The molecule has 0 aliphatic carbocycles. The third-order valence-electron chi connectivity index (χ3n) is 4.10. The van der Waals surface area contributed by atoms with Gasteiger partial charge < -0.3 is 14.5 Å². The summed E-state index contributed by atoms with van der Waals surface area (Å²) in [5.41, 5.74) is 0.0601. The van der Waals surface area contributed by atoms with E-state index in [1.165, 1.54) is 18.4 Å². The fraction of sp³-hybridized carbons (Fsp3) is 0.211. The molecule has 0 spiro atoms. The predicted molar refractivity (Wildman–Crippen MR) is 93.2 cm³/mol. The van der Waals surface area contributed by atoms with Crippen LogP contribution in [0.2, 0.25) is 0 Å². The summed E-state index contributed by atoms with van der Waals surface area (Å²) in [6, 6.07) is 9.99. The Morgan fingerprint density at radius 3 is 2.62 bits per heavy atom. The third kappa shape index (κ3) is 4.18. The molecule has 1 aliphatic heterocycles. The largest absolute Gasteiger partial charge is 0.465 e. The number of carbonyl (C=O) groups excluding carboxylic acids is 3. The van der Waals surface area contributed by atoms with Crippen molar-refractivity contribution in [3.8, 4) is 5.75 Å². The van der Waals surface area contributed by atoms with Gasteiger partial charge in [0.05, 0.1) is 6.26 Å². The summed E-state index contributed by atoms with van der Waals surface area (Å²) < 4.78 is 10.3. The van der Waals surface area contributed by atoms with Crippen molar-refractivity contribution in [2.45, 2.75) is 25.3 Å². The molecule has 1 fully saturated rings. The van der Waals surface area contributed by atoms with Gasteiger partial charge in [0.2, 0.25) is 0 Å². The zero-order valence-corrected chi connectivity index (χ0v) is 14.2. The van der Waals surface area contributed by atoms with Gasteiger partial charge in [0, 0.05) is 6.08 Å². The second kappa shape index (κ2) is 7.26. The Morgan fingerprint density at radius 1 is 1.23 bits per heavy atom. The Kier molecular flexibility index (Phi) is 4.88. The number of nitrogens with one attached hydrogen (secondary N) is 2. The van der Waals surface area contributed by atoms with Crippen molar-refractivity contribution >= 4 is 24.0 Å². The molecular weight excluding hydrogens is 336 g/mol. The first-order chi connectivity index (χ1) is 12.4. The van der Waals surface area contributed by atoms with Gasteiger partial charge in [-0.05, 0) is 55.7 Å². The minimum Gasteiger partial charge on any atom is -0.465 e. The van der Waals surface area contributed by atoms with Gasteiger partial charge in [-0.25, -0.2) is 9.59 Å². The zero-order chi connectivity index (χ0) is 18.6. The number of imide groups is 1. The van der Waals surface area contributed by atoms with Crippen LogP contribution in [0.5, 0.6) is 5.75 Å². The minimum absolute atomic E-state index is 0.323. The predicted octanol–water partition coefficient (Wildman–Crippen LogP) is 2.43. The summed E-state index contributed by atoms with van der Waals surface area (Å²) in [5, 5.41) is 4.87. The van der Waals surface area contributed by atoms with E-state index in [0.29, 0.717) is 24.4 Å². The molecule has 2 heterocycles. The van der Waals surface area contributed by atoms with Crippen molar-refractivity contribution in [3.63, 3.8) is 0 Å². The van der Waals surface area contributed by atoms with E-state index in [-0.39, 0.29) is 5.91 Å². The van der Waals surface area contributed by atoms with Gasteiger partial charge in [-0.3, -0.25) is 10.1 Å².